The molecule has 1 amide bonds. The molecule has 0 aromatic carbocycles. The second kappa shape index (κ2) is 6.93. The van der Waals surface area contributed by atoms with Gasteiger partial charge in [0.1, 0.15) is 5.71 Å². The number of hydrogen-bond donors (Lipinski definition) is 2. The van der Waals surface area contributed by atoms with E-state index >= 15 is 0 Å². The fourth-order valence-corrected chi connectivity index (χ4v) is 3.00. The molecular formula is C15H27N3O4. The number of nitrogens with zero attached hydrogens (tertiary/aromatic N) is 3. The third-order valence-corrected chi connectivity index (χ3v) is 4.48. The number of β-amino-alcohol motifs (C(OH)–C–C–N with tert-alkyl or cyclic N) is 1. The van der Waals surface area contributed by atoms with Crippen molar-refractivity contribution in [2.24, 2.45) is 5.16 Å². The third-order valence-electron chi connectivity index (χ3n) is 4.48. The monoisotopic (exact) mass is 313 g/mol. The van der Waals surface area contributed by atoms with E-state index in [1.807, 2.05) is 13.8 Å². The molecule has 7 nitrogen and oxygen atoms in total. The van der Waals surface area contributed by atoms with Crippen molar-refractivity contribution in [2.45, 2.75) is 50.9 Å². The molecule has 2 heterocycles. The van der Waals surface area contributed by atoms with Crippen LogP contribution in [0.25, 0.3) is 0 Å². The Labute approximate surface area is 131 Å². The van der Waals surface area contributed by atoms with E-state index in [1.165, 1.54) is 0 Å². The Hall–Kier alpha value is -1.18. The van der Waals surface area contributed by atoms with Gasteiger partial charge in [-0.1, -0.05) is 5.16 Å². The lowest BCUT2D eigenvalue weighted by Gasteiger charge is -2.38. The van der Waals surface area contributed by atoms with Crippen molar-refractivity contribution >= 4 is 11.6 Å². The smallest absolute Gasteiger partial charge is 0.271 e. The minimum absolute atomic E-state index is 0.0839. The maximum absolute atomic E-state index is 12.3. The normalized spacial score (nSPS) is 26.9. The Morgan fingerprint density at radius 1 is 1.55 bits per heavy atom. The second-order valence-electron chi connectivity index (χ2n) is 6.67. The fourth-order valence-electron chi connectivity index (χ4n) is 3.00. The van der Waals surface area contributed by atoms with Crippen LogP contribution in [0.1, 0.15) is 33.1 Å². The Morgan fingerprint density at radius 3 is 2.91 bits per heavy atom. The van der Waals surface area contributed by atoms with Gasteiger partial charge >= 0.3 is 0 Å². The van der Waals surface area contributed by atoms with E-state index in [9.17, 15) is 9.90 Å². The zero-order valence-corrected chi connectivity index (χ0v) is 13.7. The van der Waals surface area contributed by atoms with Crippen LogP contribution in [0.15, 0.2) is 5.16 Å². The molecule has 0 saturated carbocycles. The molecule has 2 aliphatic heterocycles. The van der Waals surface area contributed by atoms with Gasteiger partial charge in [0.15, 0.2) is 5.60 Å². The molecule has 0 bridgehead atoms. The molecule has 2 N–H and O–H groups in total. The van der Waals surface area contributed by atoms with Crippen molar-refractivity contribution in [2.75, 3.05) is 33.3 Å². The van der Waals surface area contributed by atoms with Crippen molar-refractivity contribution < 1.29 is 19.8 Å². The van der Waals surface area contributed by atoms with E-state index in [0.717, 1.165) is 19.4 Å². The predicted octanol–water partition coefficient (Wildman–Crippen LogP) is -0.183. The number of aliphatic hydroxyl groups is 2. The first-order valence-electron chi connectivity index (χ1n) is 7.90. The van der Waals surface area contributed by atoms with E-state index in [-0.39, 0.29) is 18.6 Å². The number of carbonyl (C=O) groups is 1. The fraction of sp³-hybridized carbons (Fsp3) is 0.867. The van der Waals surface area contributed by atoms with Gasteiger partial charge in [-0.2, -0.15) is 0 Å². The molecule has 0 aliphatic carbocycles. The molecule has 2 aliphatic rings. The van der Waals surface area contributed by atoms with Gasteiger partial charge < -0.3 is 20.0 Å². The first-order valence-corrected chi connectivity index (χ1v) is 7.90. The van der Waals surface area contributed by atoms with E-state index in [1.54, 1.807) is 11.9 Å². The highest BCUT2D eigenvalue weighted by atomic mass is 16.7. The second-order valence-corrected chi connectivity index (χ2v) is 6.67. The summed E-state index contributed by atoms with van der Waals surface area (Å²) in [4.78, 5) is 21.7. The summed E-state index contributed by atoms with van der Waals surface area (Å²) in [5, 5.41) is 22.6. The topological polar surface area (TPSA) is 85.6 Å². The van der Waals surface area contributed by atoms with E-state index < -0.39 is 11.7 Å². The van der Waals surface area contributed by atoms with Gasteiger partial charge in [-0.3, -0.25) is 9.69 Å². The van der Waals surface area contributed by atoms with Crippen LogP contribution in [-0.4, -0.2) is 82.7 Å². The Kier molecular flexibility index (Phi) is 5.41. The molecular weight excluding hydrogens is 286 g/mol. The van der Waals surface area contributed by atoms with E-state index in [4.69, 9.17) is 9.94 Å². The number of hydrogen-bond acceptors (Lipinski definition) is 6. The molecule has 0 aromatic rings. The van der Waals surface area contributed by atoms with E-state index in [2.05, 4.69) is 10.1 Å². The third kappa shape index (κ3) is 3.77. The van der Waals surface area contributed by atoms with Crippen LogP contribution in [0.4, 0.5) is 0 Å². The molecule has 7 heteroatoms. The van der Waals surface area contributed by atoms with Crippen molar-refractivity contribution in [1.29, 1.82) is 0 Å². The number of piperidine rings is 1. The lowest BCUT2D eigenvalue weighted by Crippen LogP contribution is -2.51. The summed E-state index contributed by atoms with van der Waals surface area (Å²) in [6.07, 6.45) is 1.54. The molecule has 2 atom stereocenters. The Bertz CT molecular complexity index is 441. The number of rotatable bonds is 5. The minimum atomic E-state index is -0.745. The molecule has 0 aromatic heterocycles. The molecule has 126 valence electrons. The van der Waals surface area contributed by atoms with Gasteiger partial charge in [-0.25, -0.2) is 0 Å². The van der Waals surface area contributed by atoms with Crippen molar-refractivity contribution in [1.82, 2.24) is 9.80 Å². The van der Waals surface area contributed by atoms with Gasteiger partial charge in [0, 0.05) is 32.6 Å². The summed E-state index contributed by atoms with van der Waals surface area (Å²) in [6, 6.07) is 0.120. The maximum Gasteiger partial charge on any atom is 0.271 e. The largest absolute Gasteiger partial charge is 0.394 e. The van der Waals surface area contributed by atoms with Crippen molar-refractivity contribution in [3.63, 3.8) is 0 Å². The quantitative estimate of drug-likeness (QED) is 0.735. The van der Waals surface area contributed by atoms with Crippen LogP contribution in [0.2, 0.25) is 0 Å². The SMILES string of the molecule is CC(C)N(C)C(=O)C1=NO[C@]2(CCCN(C[C@H](O)CO)C2)C1. The van der Waals surface area contributed by atoms with E-state index in [0.29, 0.717) is 25.2 Å². The molecule has 1 fully saturated rings. The average molecular weight is 313 g/mol. The molecule has 0 unspecified atom stereocenters. The summed E-state index contributed by atoms with van der Waals surface area (Å²) in [5.74, 6) is -0.0839. The maximum atomic E-state index is 12.3. The van der Waals surface area contributed by atoms with Crippen LogP contribution in [0.5, 0.6) is 0 Å². The predicted molar refractivity (Wildman–Crippen MR) is 82.5 cm³/mol. The lowest BCUT2D eigenvalue weighted by molar-refractivity contribution is -0.124. The van der Waals surface area contributed by atoms with Gasteiger partial charge in [0.2, 0.25) is 0 Å². The number of amides is 1. The van der Waals surface area contributed by atoms with Crippen molar-refractivity contribution in [3.05, 3.63) is 0 Å². The summed E-state index contributed by atoms with van der Waals surface area (Å²) in [6.45, 7) is 5.57. The van der Waals surface area contributed by atoms with Gasteiger partial charge in [-0.05, 0) is 33.2 Å². The van der Waals surface area contributed by atoms with Crippen LogP contribution in [0, 0.1) is 0 Å². The Morgan fingerprint density at radius 2 is 2.27 bits per heavy atom. The highest BCUT2D eigenvalue weighted by molar-refractivity contribution is 6.39. The molecule has 1 spiro atoms. The highest BCUT2D eigenvalue weighted by Gasteiger charge is 2.45. The Balaban J connectivity index is 1.95. The zero-order valence-electron chi connectivity index (χ0n) is 13.7. The molecule has 1 saturated heterocycles. The number of aliphatic hydroxyl groups excluding tert-OH is 2. The standard InChI is InChI=1S/C15H27N3O4/c1-11(2)17(3)14(21)13-7-15(22-16-13)5-4-6-18(10-15)8-12(20)9-19/h11-12,19-20H,4-10H2,1-3H3/t12-,15+/m0/s1. The molecule has 22 heavy (non-hydrogen) atoms. The van der Waals surface area contributed by atoms with Crippen LogP contribution >= 0.6 is 0 Å². The minimum Gasteiger partial charge on any atom is -0.394 e. The lowest BCUT2D eigenvalue weighted by atomic mass is 9.87. The zero-order chi connectivity index (χ0) is 16.3. The van der Waals surface area contributed by atoms with Gasteiger partial charge in [0.25, 0.3) is 5.91 Å². The van der Waals surface area contributed by atoms with Crippen LogP contribution in [0.3, 0.4) is 0 Å². The van der Waals surface area contributed by atoms with Gasteiger partial charge in [0.05, 0.1) is 12.7 Å². The summed E-state index contributed by atoms with van der Waals surface area (Å²) >= 11 is 0. The van der Waals surface area contributed by atoms with Crippen LogP contribution < -0.4 is 0 Å². The number of oxime groups is 1. The van der Waals surface area contributed by atoms with Gasteiger partial charge in [-0.15, -0.1) is 0 Å². The van der Waals surface area contributed by atoms with Crippen LogP contribution in [-0.2, 0) is 9.63 Å². The summed E-state index contributed by atoms with van der Waals surface area (Å²) < 4.78 is 0. The first kappa shape index (κ1) is 17.2. The molecule has 0 radical (unpaired) electrons. The summed E-state index contributed by atoms with van der Waals surface area (Å²) in [7, 11) is 1.77. The summed E-state index contributed by atoms with van der Waals surface area (Å²) in [5.41, 5.74) is 0.0109. The number of carbonyl (C=O) groups excluding carboxylic acids is 1. The number of likely N-dealkylation sites (tertiary alicyclic amines) is 1. The van der Waals surface area contributed by atoms with Crippen molar-refractivity contribution in [3.8, 4) is 0 Å². The first-order chi connectivity index (χ1) is 10.4. The molecule has 2 rings (SSSR count). The highest BCUT2D eigenvalue weighted by Crippen LogP contribution is 2.33. The average Bonchev–Trinajstić information content (AvgIpc) is 2.88.